The average Bonchev–Trinajstić information content (AvgIpc) is 3.13. The van der Waals surface area contributed by atoms with Crippen molar-refractivity contribution in [2.45, 2.75) is 25.2 Å². The molecule has 0 fully saturated rings. The first-order valence-corrected chi connectivity index (χ1v) is 11.2. The smallest absolute Gasteiger partial charge is 0.327 e. The summed E-state index contributed by atoms with van der Waals surface area (Å²) < 4.78 is 0. The summed E-state index contributed by atoms with van der Waals surface area (Å²) in [6.45, 7) is 0.288. The van der Waals surface area contributed by atoms with Crippen LogP contribution in [0.15, 0.2) is 42.1 Å². The van der Waals surface area contributed by atoms with E-state index in [1.54, 1.807) is 52.4 Å². The zero-order valence-electron chi connectivity index (χ0n) is 18.2. The fraction of sp³-hybridized carbons (Fsp3) is 0.318. The Morgan fingerprint density at radius 1 is 1.32 bits per heavy atom. The van der Waals surface area contributed by atoms with Gasteiger partial charge in [0.15, 0.2) is 6.17 Å². The molecule has 4 rings (SSSR count). The van der Waals surface area contributed by atoms with Crippen molar-refractivity contribution in [3.8, 4) is 0 Å². The summed E-state index contributed by atoms with van der Waals surface area (Å²) in [5.41, 5.74) is 7.18. The van der Waals surface area contributed by atoms with Gasteiger partial charge >= 0.3 is 5.97 Å². The van der Waals surface area contributed by atoms with Crippen molar-refractivity contribution in [3.05, 3.63) is 68.8 Å². The molecule has 1 aromatic rings. The molecular formula is C22H23Cl2N5O5. The van der Waals surface area contributed by atoms with Gasteiger partial charge in [0.25, 0.3) is 11.8 Å². The van der Waals surface area contributed by atoms with E-state index in [1.165, 1.54) is 0 Å². The lowest BCUT2D eigenvalue weighted by molar-refractivity contribution is -0.139. The lowest BCUT2D eigenvalue weighted by Crippen LogP contribution is -2.46. The van der Waals surface area contributed by atoms with E-state index in [4.69, 9.17) is 34.0 Å². The van der Waals surface area contributed by atoms with E-state index in [0.717, 1.165) is 0 Å². The molecular weight excluding hydrogens is 485 g/mol. The van der Waals surface area contributed by atoms with Gasteiger partial charge in [0, 0.05) is 39.1 Å². The van der Waals surface area contributed by atoms with E-state index in [9.17, 15) is 19.5 Å². The number of aliphatic hydroxyl groups is 1. The van der Waals surface area contributed by atoms with Gasteiger partial charge in [-0.25, -0.2) is 4.79 Å². The van der Waals surface area contributed by atoms with E-state index in [1.807, 2.05) is 0 Å². The van der Waals surface area contributed by atoms with Crippen molar-refractivity contribution in [3.63, 3.8) is 0 Å². The molecule has 0 saturated heterocycles. The SMILES string of the molecule is CN1C(C(=O)N2CCc3c(cc(Cl)c(C(=O)N[C@@H](CN)C(=O)O)c3Cl)C2)=CN2C=CC=C(O)C21. The number of nitrogens with two attached hydrogens (primary N) is 1. The van der Waals surface area contributed by atoms with Gasteiger partial charge < -0.3 is 36.0 Å². The molecule has 3 aliphatic heterocycles. The standard InChI is InChI=1S/C22H23Cl2N5O5/c1-27-15(10-28-5-2-3-16(30)20(27)28)21(32)29-6-4-12-11(9-29)7-13(23)17(18(12)24)19(31)26-14(8-25)22(33)34/h2-3,5,7,10,14,20,30H,4,6,8-9,25H2,1H3,(H,26,31)(H,33,34)/t14-,20?/m0/s1. The lowest BCUT2D eigenvalue weighted by Gasteiger charge is -2.33. The number of halogens is 2. The minimum Gasteiger partial charge on any atom is -0.508 e. The van der Waals surface area contributed by atoms with Crippen LogP contribution in [0.25, 0.3) is 0 Å². The molecule has 0 radical (unpaired) electrons. The third-order valence-electron chi connectivity index (χ3n) is 6.07. The Balaban J connectivity index is 1.55. The van der Waals surface area contributed by atoms with E-state index < -0.39 is 24.1 Å². The molecule has 0 spiro atoms. The zero-order valence-corrected chi connectivity index (χ0v) is 19.7. The second-order valence-electron chi connectivity index (χ2n) is 8.14. The highest BCUT2D eigenvalue weighted by atomic mass is 35.5. The van der Waals surface area contributed by atoms with Gasteiger partial charge in [0.2, 0.25) is 0 Å². The number of carbonyl (C=O) groups excluding carboxylic acids is 2. The Morgan fingerprint density at radius 3 is 2.71 bits per heavy atom. The van der Waals surface area contributed by atoms with Crippen molar-refractivity contribution < 1.29 is 24.6 Å². The first kappa shape index (κ1) is 23.9. The Bertz CT molecular complexity index is 1160. The Kier molecular flexibility index (Phi) is 6.48. The maximum absolute atomic E-state index is 13.3. The average molecular weight is 508 g/mol. The fourth-order valence-corrected chi connectivity index (χ4v) is 5.05. The zero-order chi connectivity index (χ0) is 24.7. The second-order valence-corrected chi connectivity index (χ2v) is 8.93. The molecule has 34 heavy (non-hydrogen) atoms. The topological polar surface area (TPSA) is 139 Å². The number of carbonyl (C=O) groups is 3. The minimum atomic E-state index is -1.27. The van der Waals surface area contributed by atoms with E-state index in [2.05, 4.69) is 5.32 Å². The predicted molar refractivity (Wildman–Crippen MR) is 125 cm³/mol. The minimum absolute atomic E-state index is 0.0225. The number of benzene rings is 1. The molecule has 10 nitrogen and oxygen atoms in total. The Morgan fingerprint density at radius 2 is 2.06 bits per heavy atom. The van der Waals surface area contributed by atoms with Crippen LogP contribution in [-0.2, 0) is 22.6 Å². The number of hydrogen-bond donors (Lipinski definition) is 4. The molecule has 5 N–H and O–H groups in total. The summed E-state index contributed by atoms with van der Waals surface area (Å²) in [7, 11) is 1.74. The van der Waals surface area contributed by atoms with Crippen LogP contribution in [0.3, 0.4) is 0 Å². The monoisotopic (exact) mass is 507 g/mol. The highest BCUT2D eigenvalue weighted by molar-refractivity contribution is 6.40. The van der Waals surface area contributed by atoms with Crippen molar-refractivity contribution in [2.24, 2.45) is 5.73 Å². The van der Waals surface area contributed by atoms with Gasteiger partial charge in [-0.05, 0) is 35.8 Å². The number of rotatable bonds is 5. The highest BCUT2D eigenvalue weighted by Gasteiger charge is 2.38. The molecule has 0 aliphatic carbocycles. The van der Waals surface area contributed by atoms with Crippen molar-refractivity contribution >= 4 is 41.0 Å². The van der Waals surface area contributed by atoms with Crippen molar-refractivity contribution in [2.75, 3.05) is 20.1 Å². The Hall–Kier alpha value is -3.21. The first-order chi connectivity index (χ1) is 16.1. The molecule has 12 heteroatoms. The molecule has 1 aromatic carbocycles. The van der Waals surface area contributed by atoms with E-state index in [-0.39, 0.29) is 40.4 Å². The molecule has 1 unspecified atom stereocenters. The number of aliphatic hydroxyl groups excluding tert-OH is 1. The first-order valence-electron chi connectivity index (χ1n) is 10.5. The number of likely N-dealkylation sites (N-methyl/N-ethyl adjacent to an activating group) is 1. The molecule has 180 valence electrons. The van der Waals surface area contributed by atoms with Crippen LogP contribution in [0, 0.1) is 0 Å². The van der Waals surface area contributed by atoms with Gasteiger partial charge in [-0.3, -0.25) is 9.59 Å². The van der Waals surface area contributed by atoms with Crippen LogP contribution in [0.2, 0.25) is 10.0 Å². The van der Waals surface area contributed by atoms with Crippen LogP contribution in [0.1, 0.15) is 21.5 Å². The number of amides is 2. The number of hydrogen-bond acceptors (Lipinski definition) is 7. The molecule has 3 aliphatic rings. The van der Waals surface area contributed by atoms with Crippen LogP contribution in [-0.4, -0.2) is 75.0 Å². The summed E-state index contributed by atoms with van der Waals surface area (Å²) >= 11 is 12.9. The molecule has 2 amide bonds. The molecule has 2 atom stereocenters. The molecule has 0 saturated carbocycles. The van der Waals surface area contributed by atoms with E-state index >= 15 is 0 Å². The summed E-state index contributed by atoms with van der Waals surface area (Å²) in [4.78, 5) is 42.3. The molecule has 0 aromatic heterocycles. The summed E-state index contributed by atoms with van der Waals surface area (Å²) in [6, 6.07) is 0.298. The van der Waals surface area contributed by atoms with Crippen LogP contribution in [0.4, 0.5) is 0 Å². The molecule has 0 bridgehead atoms. The summed E-state index contributed by atoms with van der Waals surface area (Å²) in [5.74, 6) is -2.08. The second kappa shape index (κ2) is 9.21. The number of fused-ring (bicyclic) bond motifs is 2. The van der Waals surface area contributed by atoms with Crippen molar-refractivity contribution in [1.29, 1.82) is 0 Å². The molecule has 3 heterocycles. The highest BCUT2D eigenvalue weighted by Crippen LogP contribution is 2.36. The van der Waals surface area contributed by atoms with E-state index in [0.29, 0.717) is 29.8 Å². The van der Waals surface area contributed by atoms with Crippen molar-refractivity contribution in [1.82, 2.24) is 20.0 Å². The van der Waals surface area contributed by atoms with Gasteiger partial charge in [0.1, 0.15) is 17.5 Å². The maximum atomic E-state index is 13.3. The number of carboxylic acid groups (broad SMARTS) is 1. The van der Waals surface area contributed by atoms with Gasteiger partial charge in [-0.2, -0.15) is 0 Å². The van der Waals surface area contributed by atoms with Crippen LogP contribution >= 0.6 is 23.2 Å². The summed E-state index contributed by atoms with van der Waals surface area (Å²) in [6.07, 6.45) is 6.66. The normalized spacial score (nSPS) is 19.8. The van der Waals surface area contributed by atoms with Gasteiger partial charge in [-0.15, -0.1) is 0 Å². The lowest BCUT2D eigenvalue weighted by atomic mass is 9.96. The van der Waals surface area contributed by atoms with Crippen LogP contribution < -0.4 is 11.1 Å². The largest absolute Gasteiger partial charge is 0.508 e. The number of allylic oxidation sites excluding steroid dienone is 2. The van der Waals surface area contributed by atoms with Gasteiger partial charge in [-0.1, -0.05) is 23.2 Å². The number of aliphatic carboxylic acids is 1. The fourth-order valence-electron chi connectivity index (χ4n) is 4.29. The number of carboxylic acids is 1. The van der Waals surface area contributed by atoms with Gasteiger partial charge in [0.05, 0.1) is 15.6 Å². The third kappa shape index (κ3) is 4.08. The third-order valence-corrected chi connectivity index (χ3v) is 6.78. The number of nitrogens with one attached hydrogen (secondary N) is 1. The predicted octanol–water partition coefficient (Wildman–Crippen LogP) is 1.40. The van der Waals surface area contributed by atoms with Crippen LogP contribution in [0.5, 0.6) is 0 Å². The number of nitrogens with zero attached hydrogens (tertiary/aromatic N) is 3. The maximum Gasteiger partial charge on any atom is 0.327 e. The Labute approximate surface area is 205 Å². The summed E-state index contributed by atoms with van der Waals surface area (Å²) in [5, 5.41) is 21.8. The quantitative estimate of drug-likeness (QED) is 0.468.